The molecule has 1 aromatic heterocycles. The van der Waals surface area contributed by atoms with Gasteiger partial charge in [-0.2, -0.15) is 4.98 Å². The predicted molar refractivity (Wildman–Crippen MR) is 77.8 cm³/mol. The van der Waals surface area contributed by atoms with Crippen LogP contribution in [0.15, 0.2) is 4.52 Å². The number of rotatable bonds is 2. The van der Waals surface area contributed by atoms with Gasteiger partial charge in [-0.25, -0.2) is 0 Å². The molecular weight excluding hydrogens is 254 g/mol. The average molecular weight is 279 g/mol. The fourth-order valence-electron chi connectivity index (χ4n) is 3.21. The summed E-state index contributed by atoms with van der Waals surface area (Å²) in [5.74, 6) is 1.45. The quantitative estimate of drug-likeness (QED) is 0.870. The van der Waals surface area contributed by atoms with Gasteiger partial charge in [0.15, 0.2) is 0 Å². The predicted octanol–water partition coefficient (Wildman–Crippen LogP) is 0.980. The summed E-state index contributed by atoms with van der Waals surface area (Å²) in [6, 6.07) is 0.122. The zero-order valence-electron chi connectivity index (χ0n) is 12.5. The van der Waals surface area contributed by atoms with Gasteiger partial charge in [0.25, 0.3) is 5.95 Å². The second-order valence-electron chi connectivity index (χ2n) is 6.46. The van der Waals surface area contributed by atoms with Crippen LogP contribution in [-0.2, 0) is 5.41 Å². The van der Waals surface area contributed by atoms with Crippen LogP contribution in [0.3, 0.4) is 0 Å². The van der Waals surface area contributed by atoms with Crippen molar-refractivity contribution in [1.29, 1.82) is 0 Å². The van der Waals surface area contributed by atoms with Crippen LogP contribution in [0.1, 0.15) is 38.5 Å². The Bertz CT molecular complexity index is 454. The number of hydrogen-bond donors (Lipinski definition) is 1. The highest BCUT2D eigenvalue weighted by molar-refractivity contribution is 5.30. The summed E-state index contributed by atoms with van der Waals surface area (Å²) >= 11 is 0. The maximum atomic E-state index is 6.30. The highest BCUT2D eigenvalue weighted by Crippen LogP contribution is 2.37. The zero-order valence-corrected chi connectivity index (χ0v) is 12.5. The van der Waals surface area contributed by atoms with Gasteiger partial charge in [0.1, 0.15) is 0 Å². The van der Waals surface area contributed by atoms with Gasteiger partial charge in [0.05, 0.1) is 5.41 Å². The topological polar surface area (TPSA) is 71.4 Å². The van der Waals surface area contributed by atoms with Gasteiger partial charge in [-0.15, -0.1) is 0 Å². The molecule has 0 bridgehead atoms. The van der Waals surface area contributed by atoms with Crippen molar-refractivity contribution < 1.29 is 4.52 Å². The van der Waals surface area contributed by atoms with E-state index in [0.29, 0.717) is 0 Å². The first-order chi connectivity index (χ1) is 9.59. The molecule has 6 heteroatoms. The molecule has 1 aliphatic carbocycles. The Morgan fingerprint density at radius 1 is 1.25 bits per heavy atom. The molecule has 3 rings (SSSR count). The lowest BCUT2D eigenvalue weighted by molar-refractivity contribution is 0.203. The molecular formula is C14H25N5O. The summed E-state index contributed by atoms with van der Waals surface area (Å²) in [6.45, 7) is 6.16. The van der Waals surface area contributed by atoms with Crippen molar-refractivity contribution in [2.45, 2.75) is 44.1 Å². The first-order valence-electron chi connectivity index (χ1n) is 7.63. The van der Waals surface area contributed by atoms with Crippen LogP contribution in [0.2, 0.25) is 0 Å². The van der Waals surface area contributed by atoms with Gasteiger partial charge in [0, 0.05) is 32.2 Å². The SMILES string of the molecule is CN1CCN(c2noc(C3(C)CCCCC3N)n2)CC1. The number of nitrogens with two attached hydrogens (primary N) is 1. The number of likely N-dealkylation sites (N-methyl/N-ethyl adjacent to an activating group) is 1. The lowest BCUT2D eigenvalue weighted by Gasteiger charge is -2.36. The number of aromatic nitrogens is 2. The third-order valence-corrected chi connectivity index (χ3v) is 4.97. The second kappa shape index (κ2) is 5.33. The molecule has 6 nitrogen and oxygen atoms in total. The van der Waals surface area contributed by atoms with Crippen LogP contribution in [0.25, 0.3) is 0 Å². The van der Waals surface area contributed by atoms with Gasteiger partial charge in [0.2, 0.25) is 5.89 Å². The van der Waals surface area contributed by atoms with E-state index in [9.17, 15) is 0 Å². The Morgan fingerprint density at radius 2 is 2.00 bits per heavy atom. The first-order valence-corrected chi connectivity index (χ1v) is 7.63. The van der Waals surface area contributed by atoms with E-state index in [1.165, 1.54) is 12.8 Å². The van der Waals surface area contributed by atoms with E-state index in [-0.39, 0.29) is 11.5 Å². The van der Waals surface area contributed by atoms with Crippen molar-refractivity contribution >= 4 is 5.95 Å². The highest BCUT2D eigenvalue weighted by Gasteiger charge is 2.41. The molecule has 1 saturated carbocycles. The second-order valence-corrected chi connectivity index (χ2v) is 6.46. The molecule has 2 atom stereocenters. The number of nitrogens with zero attached hydrogens (tertiary/aromatic N) is 4. The largest absolute Gasteiger partial charge is 0.337 e. The van der Waals surface area contributed by atoms with E-state index in [2.05, 4.69) is 33.9 Å². The number of hydrogen-bond acceptors (Lipinski definition) is 6. The fourth-order valence-corrected chi connectivity index (χ4v) is 3.21. The van der Waals surface area contributed by atoms with Gasteiger partial charge >= 0.3 is 0 Å². The van der Waals surface area contributed by atoms with Crippen LogP contribution >= 0.6 is 0 Å². The van der Waals surface area contributed by atoms with E-state index in [1.54, 1.807) is 0 Å². The van der Waals surface area contributed by atoms with Crippen LogP contribution in [0, 0.1) is 0 Å². The summed E-state index contributed by atoms with van der Waals surface area (Å²) in [6.07, 6.45) is 4.48. The molecule has 2 aliphatic rings. The minimum Gasteiger partial charge on any atom is -0.337 e. The first kappa shape index (κ1) is 13.8. The zero-order chi connectivity index (χ0) is 14.2. The van der Waals surface area contributed by atoms with Gasteiger partial charge in [-0.05, 0) is 32.0 Å². The Hall–Kier alpha value is -1.14. The molecule has 0 aromatic carbocycles. The van der Waals surface area contributed by atoms with Crippen LogP contribution < -0.4 is 10.6 Å². The van der Waals surface area contributed by atoms with Gasteiger partial charge in [-0.1, -0.05) is 12.8 Å². The molecule has 0 spiro atoms. The smallest absolute Gasteiger partial charge is 0.266 e. The van der Waals surface area contributed by atoms with E-state index < -0.39 is 0 Å². The van der Waals surface area contributed by atoms with Crippen molar-refractivity contribution in [1.82, 2.24) is 15.0 Å². The van der Waals surface area contributed by atoms with Gasteiger partial charge in [-0.3, -0.25) is 0 Å². The molecule has 1 aliphatic heterocycles. The molecule has 1 aromatic rings. The van der Waals surface area contributed by atoms with Gasteiger partial charge < -0.3 is 20.1 Å². The molecule has 20 heavy (non-hydrogen) atoms. The number of anilines is 1. The average Bonchev–Trinajstić information content (AvgIpc) is 2.93. The van der Waals surface area contributed by atoms with Crippen LogP contribution in [-0.4, -0.2) is 54.3 Å². The molecule has 2 heterocycles. The Balaban J connectivity index is 1.76. The summed E-state index contributed by atoms with van der Waals surface area (Å²) in [7, 11) is 2.14. The van der Waals surface area contributed by atoms with E-state index >= 15 is 0 Å². The summed E-state index contributed by atoms with van der Waals surface area (Å²) in [5.41, 5.74) is 6.15. The number of piperazine rings is 1. The molecule has 2 fully saturated rings. The maximum absolute atomic E-state index is 6.30. The molecule has 0 amide bonds. The molecule has 112 valence electrons. The lowest BCUT2D eigenvalue weighted by atomic mass is 9.72. The summed E-state index contributed by atoms with van der Waals surface area (Å²) < 4.78 is 5.56. The van der Waals surface area contributed by atoms with Crippen molar-refractivity contribution in [3.8, 4) is 0 Å². The Kier molecular flexibility index (Phi) is 3.69. The minimum absolute atomic E-state index is 0.122. The monoisotopic (exact) mass is 279 g/mol. The Labute approximate surface area is 120 Å². The van der Waals surface area contributed by atoms with Crippen molar-refractivity contribution in [2.75, 3.05) is 38.1 Å². The normalized spacial score (nSPS) is 32.5. The van der Waals surface area contributed by atoms with E-state index in [0.717, 1.165) is 50.9 Å². The summed E-state index contributed by atoms with van der Waals surface area (Å²) in [4.78, 5) is 9.17. The van der Waals surface area contributed by atoms with Crippen molar-refractivity contribution in [3.63, 3.8) is 0 Å². The molecule has 2 unspecified atom stereocenters. The Morgan fingerprint density at radius 3 is 2.70 bits per heavy atom. The van der Waals surface area contributed by atoms with Crippen molar-refractivity contribution in [2.24, 2.45) is 5.73 Å². The highest BCUT2D eigenvalue weighted by atomic mass is 16.5. The molecule has 1 saturated heterocycles. The van der Waals surface area contributed by atoms with Crippen LogP contribution in [0.4, 0.5) is 5.95 Å². The standard InChI is InChI=1S/C14H25N5O/c1-14(6-4-3-5-11(14)15)12-16-13(17-20-12)19-9-7-18(2)8-10-19/h11H,3-10,15H2,1-2H3. The van der Waals surface area contributed by atoms with Crippen molar-refractivity contribution in [3.05, 3.63) is 5.89 Å². The minimum atomic E-state index is -0.157. The summed E-state index contributed by atoms with van der Waals surface area (Å²) in [5, 5.41) is 4.19. The van der Waals surface area contributed by atoms with E-state index in [4.69, 9.17) is 10.3 Å². The maximum Gasteiger partial charge on any atom is 0.266 e. The third-order valence-electron chi connectivity index (χ3n) is 4.97. The molecule has 2 N–H and O–H groups in total. The molecule has 0 radical (unpaired) electrons. The van der Waals surface area contributed by atoms with Crippen LogP contribution in [0.5, 0.6) is 0 Å². The lowest BCUT2D eigenvalue weighted by Crippen LogP contribution is -2.46. The third kappa shape index (κ3) is 2.42. The fraction of sp³-hybridized carbons (Fsp3) is 0.857. The van der Waals surface area contributed by atoms with E-state index in [1.807, 2.05) is 0 Å².